The molecule has 0 saturated heterocycles. The van der Waals surface area contributed by atoms with Crippen LogP contribution in [-0.2, 0) is 11.5 Å². The summed E-state index contributed by atoms with van der Waals surface area (Å²) in [6.07, 6.45) is 1.53. The van der Waals surface area contributed by atoms with Gasteiger partial charge in [0.05, 0.1) is 13.3 Å². The van der Waals surface area contributed by atoms with E-state index in [1.54, 1.807) is 0 Å². The van der Waals surface area contributed by atoms with Crippen LogP contribution in [0.5, 0.6) is 5.75 Å². The minimum absolute atomic E-state index is 0.0914. The molecule has 1 aromatic heterocycles. The molecule has 0 atom stereocenters. The zero-order chi connectivity index (χ0) is 13.8. The van der Waals surface area contributed by atoms with Crippen LogP contribution in [0.4, 0.5) is 0 Å². The van der Waals surface area contributed by atoms with Crippen molar-refractivity contribution >= 4 is 14.0 Å². The van der Waals surface area contributed by atoms with Crippen molar-refractivity contribution in [3.63, 3.8) is 0 Å². The third kappa shape index (κ3) is 4.50. The largest absolute Gasteiger partial charge is 0.493 e. The van der Waals surface area contributed by atoms with E-state index in [9.17, 15) is 4.79 Å². The summed E-state index contributed by atoms with van der Waals surface area (Å²) in [5.41, 5.74) is -0.0914. The maximum atomic E-state index is 10.9. The highest BCUT2D eigenvalue weighted by atomic mass is 28.3. The quantitative estimate of drug-likeness (QED) is 0.606. The fourth-order valence-corrected chi connectivity index (χ4v) is 2.06. The predicted molar refractivity (Wildman–Crippen MR) is 69.8 cm³/mol. The van der Waals surface area contributed by atoms with Crippen molar-refractivity contribution in [1.29, 1.82) is 0 Å². The lowest BCUT2D eigenvalue weighted by molar-refractivity contribution is 0.0669. The molecule has 0 spiro atoms. The van der Waals surface area contributed by atoms with Gasteiger partial charge in [-0.25, -0.2) is 9.48 Å². The first-order chi connectivity index (χ1) is 8.33. The average molecular weight is 272 g/mol. The Balaban J connectivity index is 2.51. The molecule has 0 saturated carbocycles. The van der Waals surface area contributed by atoms with Gasteiger partial charge in [-0.05, 0) is 6.04 Å². The molecule has 6 nitrogen and oxygen atoms in total. The van der Waals surface area contributed by atoms with Crippen molar-refractivity contribution in [3.8, 4) is 5.75 Å². The van der Waals surface area contributed by atoms with Gasteiger partial charge in [-0.1, -0.05) is 19.6 Å². The van der Waals surface area contributed by atoms with Crippen LogP contribution >= 0.6 is 0 Å². The first-order valence-corrected chi connectivity index (χ1v) is 9.46. The van der Waals surface area contributed by atoms with Crippen LogP contribution in [0.3, 0.4) is 0 Å². The van der Waals surface area contributed by atoms with Crippen molar-refractivity contribution in [2.24, 2.45) is 0 Å². The van der Waals surface area contributed by atoms with E-state index in [2.05, 4.69) is 24.7 Å². The normalized spacial score (nSPS) is 11.6. The number of hydrogen-bond donors (Lipinski definition) is 1. The van der Waals surface area contributed by atoms with E-state index in [0.29, 0.717) is 6.61 Å². The molecule has 0 aliphatic carbocycles. The molecule has 0 bridgehead atoms. The van der Waals surface area contributed by atoms with E-state index in [4.69, 9.17) is 14.6 Å². The van der Waals surface area contributed by atoms with Crippen LogP contribution in [-0.4, -0.2) is 42.6 Å². The van der Waals surface area contributed by atoms with Gasteiger partial charge < -0.3 is 14.6 Å². The Morgan fingerprint density at radius 2 is 2.17 bits per heavy atom. The number of carbonyl (C=O) groups is 1. The molecule has 7 heteroatoms. The number of aromatic nitrogens is 2. The van der Waals surface area contributed by atoms with E-state index in [1.807, 2.05) is 0 Å². The predicted octanol–water partition coefficient (Wildman–Crippen LogP) is 1.90. The number of rotatable bonds is 7. The Labute approximate surface area is 108 Å². The number of ether oxygens (including phenoxy) is 2. The highest BCUT2D eigenvalue weighted by Gasteiger charge is 2.16. The average Bonchev–Trinajstić information content (AvgIpc) is 2.66. The van der Waals surface area contributed by atoms with Crippen LogP contribution in [0.1, 0.15) is 10.5 Å². The van der Waals surface area contributed by atoms with E-state index in [0.717, 1.165) is 6.04 Å². The molecule has 0 radical (unpaired) electrons. The summed E-state index contributed by atoms with van der Waals surface area (Å²) in [7, 11) is 0.317. The second-order valence-corrected chi connectivity index (χ2v) is 10.9. The summed E-state index contributed by atoms with van der Waals surface area (Å²) in [4.78, 5) is 10.9. The standard InChI is InChI=1S/C11H20N2O4Si/c1-16-9-7-13(12-10(9)11(14)15)8-17-5-6-18(2,3)4/h7H,5-6,8H2,1-4H3,(H,14,15). The molecule has 1 rings (SSSR count). The molecule has 0 aromatic carbocycles. The lowest BCUT2D eigenvalue weighted by Gasteiger charge is -2.15. The molecule has 18 heavy (non-hydrogen) atoms. The number of aromatic carboxylic acids is 1. The van der Waals surface area contributed by atoms with Crippen LogP contribution in [0.25, 0.3) is 0 Å². The highest BCUT2D eigenvalue weighted by Crippen LogP contribution is 2.16. The minimum Gasteiger partial charge on any atom is -0.493 e. The topological polar surface area (TPSA) is 73.6 Å². The number of carboxylic acids is 1. The summed E-state index contributed by atoms with van der Waals surface area (Å²) in [5, 5.41) is 12.8. The minimum atomic E-state index is -1.10. The van der Waals surface area contributed by atoms with Crippen LogP contribution in [0.15, 0.2) is 6.20 Å². The van der Waals surface area contributed by atoms with Gasteiger partial charge in [0, 0.05) is 14.7 Å². The summed E-state index contributed by atoms with van der Waals surface area (Å²) in [6, 6.07) is 1.07. The SMILES string of the molecule is COc1cn(COCC[Si](C)(C)C)nc1C(=O)O. The first kappa shape index (κ1) is 14.7. The Hall–Kier alpha value is -1.34. The highest BCUT2D eigenvalue weighted by molar-refractivity contribution is 6.76. The van der Waals surface area contributed by atoms with Crippen molar-refractivity contribution in [2.75, 3.05) is 13.7 Å². The van der Waals surface area contributed by atoms with Gasteiger partial charge in [0.15, 0.2) is 5.75 Å². The van der Waals surface area contributed by atoms with Crippen molar-refractivity contribution in [3.05, 3.63) is 11.9 Å². The maximum absolute atomic E-state index is 10.9. The van der Waals surface area contributed by atoms with Crippen LogP contribution in [0.2, 0.25) is 25.7 Å². The molecule has 0 fully saturated rings. The van der Waals surface area contributed by atoms with Gasteiger partial charge in [-0.3, -0.25) is 0 Å². The molecular formula is C11H20N2O4Si. The van der Waals surface area contributed by atoms with E-state index in [1.165, 1.54) is 18.0 Å². The number of hydrogen-bond acceptors (Lipinski definition) is 4. The maximum Gasteiger partial charge on any atom is 0.360 e. The molecule has 1 aromatic rings. The fourth-order valence-electron chi connectivity index (χ4n) is 1.30. The zero-order valence-electron chi connectivity index (χ0n) is 11.3. The van der Waals surface area contributed by atoms with Gasteiger partial charge in [0.25, 0.3) is 0 Å². The van der Waals surface area contributed by atoms with Gasteiger partial charge in [-0.15, -0.1) is 0 Å². The molecule has 1 heterocycles. The third-order valence-electron chi connectivity index (χ3n) is 2.37. The third-order valence-corrected chi connectivity index (χ3v) is 4.07. The number of nitrogens with zero attached hydrogens (tertiary/aromatic N) is 2. The van der Waals surface area contributed by atoms with Crippen molar-refractivity contribution in [2.45, 2.75) is 32.4 Å². The summed E-state index contributed by atoms with van der Waals surface area (Å²) in [5.74, 6) is -0.857. The molecule has 0 aliphatic rings. The van der Waals surface area contributed by atoms with E-state index < -0.39 is 14.0 Å². The van der Waals surface area contributed by atoms with Gasteiger partial charge in [-0.2, -0.15) is 5.10 Å². The van der Waals surface area contributed by atoms with Crippen LogP contribution in [0, 0.1) is 0 Å². The number of carboxylic acid groups (broad SMARTS) is 1. The molecule has 1 N–H and O–H groups in total. The van der Waals surface area contributed by atoms with Gasteiger partial charge in [0.2, 0.25) is 5.69 Å². The van der Waals surface area contributed by atoms with E-state index >= 15 is 0 Å². The molecule has 0 unspecified atom stereocenters. The molecule has 0 amide bonds. The first-order valence-electron chi connectivity index (χ1n) is 5.76. The van der Waals surface area contributed by atoms with Crippen molar-refractivity contribution in [1.82, 2.24) is 9.78 Å². The molecular weight excluding hydrogens is 252 g/mol. The second-order valence-electron chi connectivity index (χ2n) is 5.24. The summed E-state index contributed by atoms with van der Waals surface area (Å²) >= 11 is 0. The van der Waals surface area contributed by atoms with Gasteiger partial charge in [0.1, 0.15) is 6.73 Å². The lowest BCUT2D eigenvalue weighted by atomic mass is 10.4. The summed E-state index contributed by atoms with van der Waals surface area (Å²) in [6.45, 7) is 7.73. The smallest absolute Gasteiger partial charge is 0.360 e. The lowest BCUT2D eigenvalue weighted by Crippen LogP contribution is -2.22. The fraction of sp³-hybridized carbons (Fsp3) is 0.636. The summed E-state index contributed by atoms with van der Waals surface area (Å²) < 4.78 is 11.8. The Kier molecular flexibility index (Phi) is 4.91. The monoisotopic (exact) mass is 272 g/mol. The zero-order valence-corrected chi connectivity index (χ0v) is 12.3. The van der Waals surface area contributed by atoms with Gasteiger partial charge >= 0.3 is 5.97 Å². The molecule has 0 aliphatic heterocycles. The van der Waals surface area contributed by atoms with Crippen LogP contribution < -0.4 is 4.74 Å². The van der Waals surface area contributed by atoms with E-state index in [-0.39, 0.29) is 18.2 Å². The molecule has 102 valence electrons. The Morgan fingerprint density at radius 1 is 1.50 bits per heavy atom. The number of methoxy groups -OCH3 is 1. The Bertz CT molecular complexity index is 412. The Morgan fingerprint density at radius 3 is 2.61 bits per heavy atom. The second kappa shape index (κ2) is 6.01. The van der Waals surface area contributed by atoms with Crippen molar-refractivity contribution < 1.29 is 19.4 Å².